The van der Waals surface area contributed by atoms with Gasteiger partial charge in [0.2, 0.25) is 0 Å². The second kappa shape index (κ2) is 5.72. The van der Waals surface area contributed by atoms with Gasteiger partial charge >= 0.3 is 0 Å². The minimum Gasteiger partial charge on any atom is -0.496 e. The molecule has 1 atom stereocenters. The summed E-state index contributed by atoms with van der Waals surface area (Å²) in [5.74, 6) is 0.792. The van der Waals surface area contributed by atoms with Crippen molar-refractivity contribution >= 4 is 0 Å². The van der Waals surface area contributed by atoms with Crippen molar-refractivity contribution in [1.82, 2.24) is 0 Å². The number of rotatable bonds is 4. The molecule has 1 fully saturated rings. The lowest BCUT2D eigenvalue weighted by Gasteiger charge is -2.39. The summed E-state index contributed by atoms with van der Waals surface area (Å²) in [6, 6.07) is 7.88. The monoisotopic (exact) mass is 249 g/mol. The zero-order valence-corrected chi connectivity index (χ0v) is 11.1. The molecule has 1 aromatic rings. The Morgan fingerprint density at radius 1 is 1.28 bits per heavy atom. The normalized spacial score (nSPS) is 20.4. The maximum Gasteiger partial charge on any atom is 0.122 e. The number of benzene rings is 1. The number of ether oxygens (including phenoxy) is 1. The molecule has 0 bridgehead atoms. The number of methoxy groups -OCH3 is 1. The van der Waals surface area contributed by atoms with Crippen molar-refractivity contribution in [3.63, 3.8) is 0 Å². The van der Waals surface area contributed by atoms with Crippen molar-refractivity contribution in [3.8, 4) is 5.75 Å². The molecule has 1 unspecified atom stereocenters. The topological polar surface area (TPSA) is 55.5 Å². The lowest BCUT2D eigenvalue weighted by atomic mass is 9.72. The minimum atomic E-state index is -0.665. The first-order chi connectivity index (χ1) is 8.71. The first-order valence-electron chi connectivity index (χ1n) is 6.76. The average molecular weight is 249 g/mol. The van der Waals surface area contributed by atoms with Crippen LogP contribution in [0.25, 0.3) is 0 Å². The van der Waals surface area contributed by atoms with Gasteiger partial charge in [-0.2, -0.15) is 0 Å². The van der Waals surface area contributed by atoms with Crippen molar-refractivity contribution in [2.75, 3.05) is 13.7 Å². The van der Waals surface area contributed by atoms with Gasteiger partial charge in [-0.1, -0.05) is 37.5 Å². The van der Waals surface area contributed by atoms with E-state index in [2.05, 4.69) is 0 Å². The number of para-hydroxylation sites is 1. The van der Waals surface area contributed by atoms with Gasteiger partial charge in [-0.15, -0.1) is 0 Å². The molecule has 0 aromatic heterocycles. The van der Waals surface area contributed by atoms with Crippen LogP contribution in [0.1, 0.15) is 43.6 Å². The van der Waals surface area contributed by atoms with Gasteiger partial charge in [-0.05, 0) is 18.9 Å². The van der Waals surface area contributed by atoms with E-state index in [1.165, 1.54) is 6.42 Å². The standard InChI is InChI=1S/C15H23NO2/c1-18-14-8-4-3-7-12(14)13(11-16)15(17)9-5-2-6-10-15/h3-4,7-8,13,17H,2,5-6,9-11,16H2,1H3. The van der Waals surface area contributed by atoms with E-state index in [0.717, 1.165) is 37.0 Å². The van der Waals surface area contributed by atoms with E-state index >= 15 is 0 Å². The van der Waals surface area contributed by atoms with Crippen molar-refractivity contribution in [2.24, 2.45) is 5.73 Å². The number of nitrogens with two attached hydrogens (primary N) is 1. The molecule has 0 aliphatic heterocycles. The highest BCUT2D eigenvalue weighted by Gasteiger charge is 2.38. The zero-order chi connectivity index (χ0) is 13.0. The highest BCUT2D eigenvalue weighted by Crippen LogP contribution is 2.41. The van der Waals surface area contributed by atoms with Crippen LogP contribution in [0.4, 0.5) is 0 Å². The highest BCUT2D eigenvalue weighted by atomic mass is 16.5. The number of hydrogen-bond acceptors (Lipinski definition) is 3. The predicted molar refractivity (Wildman–Crippen MR) is 72.8 cm³/mol. The molecule has 1 aliphatic carbocycles. The molecule has 3 N–H and O–H groups in total. The summed E-state index contributed by atoms with van der Waals surface area (Å²) in [4.78, 5) is 0. The summed E-state index contributed by atoms with van der Waals surface area (Å²) in [6.45, 7) is 0.455. The number of aliphatic hydroxyl groups is 1. The first kappa shape index (κ1) is 13.4. The third-order valence-corrected chi connectivity index (χ3v) is 4.12. The Labute approximate surface area is 109 Å². The summed E-state index contributed by atoms with van der Waals surface area (Å²) in [7, 11) is 1.66. The minimum absolute atomic E-state index is 0.0334. The lowest BCUT2D eigenvalue weighted by Crippen LogP contribution is -2.42. The fourth-order valence-corrected chi connectivity index (χ4v) is 3.10. The quantitative estimate of drug-likeness (QED) is 0.861. The van der Waals surface area contributed by atoms with Crippen LogP contribution >= 0.6 is 0 Å². The smallest absolute Gasteiger partial charge is 0.122 e. The van der Waals surface area contributed by atoms with Crippen LogP contribution in [0.5, 0.6) is 5.75 Å². The van der Waals surface area contributed by atoms with Crippen LogP contribution in [0.2, 0.25) is 0 Å². The first-order valence-corrected chi connectivity index (χ1v) is 6.76. The summed E-state index contributed by atoms with van der Waals surface area (Å²) in [5, 5.41) is 10.9. The molecule has 0 amide bonds. The molecular formula is C15H23NO2. The van der Waals surface area contributed by atoms with Gasteiger partial charge in [-0.25, -0.2) is 0 Å². The van der Waals surface area contributed by atoms with Crippen molar-refractivity contribution in [1.29, 1.82) is 0 Å². The van der Waals surface area contributed by atoms with Crippen LogP contribution in [-0.4, -0.2) is 24.4 Å². The summed E-state index contributed by atoms with van der Waals surface area (Å²) in [5.41, 5.74) is 6.30. The fourth-order valence-electron chi connectivity index (χ4n) is 3.10. The van der Waals surface area contributed by atoms with E-state index in [-0.39, 0.29) is 5.92 Å². The van der Waals surface area contributed by atoms with E-state index in [0.29, 0.717) is 6.54 Å². The maximum atomic E-state index is 10.9. The van der Waals surface area contributed by atoms with Crippen LogP contribution in [0.15, 0.2) is 24.3 Å². The average Bonchev–Trinajstić information content (AvgIpc) is 2.40. The summed E-state index contributed by atoms with van der Waals surface area (Å²) in [6.07, 6.45) is 5.07. The molecule has 1 aliphatic rings. The highest BCUT2D eigenvalue weighted by molar-refractivity contribution is 5.38. The second-order valence-electron chi connectivity index (χ2n) is 5.19. The summed E-state index contributed by atoms with van der Waals surface area (Å²) < 4.78 is 5.40. The van der Waals surface area contributed by atoms with Gasteiger partial charge in [0.1, 0.15) is 5.75 Å². The van der Waals surface area contributed by atoms with Crippen LogP contribution in [0, 0.1) is 0 Å². The van der Waals surface area contributed by atoms with Crippen molar-refractivity contribution < 1.29 is 9.84 Å². The van der Waals surface area contributed by atoms with Gasteiger partial charge < -0.3 is 15.6 Å². The molecule has 2 rings (SSSR count). The SMILES string of the molecule is COc1ccccc1C(CN)C1(O)CCCCC1. The maximum absolute atomic E-state index is 10.9. The van der Waals surface area contributed by atoms with Gasteiger partial charge in [-0.3, -0.25) is 0 Å². The Hall–Kier alpha value is -1.06. The van der Waals surface area contributed by atoms with Crippen LogP contribution in [-0.2, 0) is 0 Å². The number of hydrogen-bond donors (Lipinski definition) is 2. The van der Waals surface area contributed by atoms with Gasteiger partial charge in [0, 0.05) is 18.0 Å². The van der Waals surface area contributed by atoms with E-state index in [1.54, 1.807) is 7.11 Å². The predicted octanol–water partition coefficient (Wildman–Crippen LogP) is 2.43. The Bertz CT molecular complexity index is 386. The zero-order valence-electron chi connectivity index (χ0n) is 11.1. The molecule has 0 radical (unpaired) electrons. The van der Waals surface area contributed by atoms with Gasteiger partial charge in [0.05, 0.1) is 12.7 Å². The van der Waals surface area contributed by atoms with E-state index in [1.807, 2.05) is 24.3 Å². The van der Waals surface area contributed by atoms with Gasteiger partial charge in [0.25, 0.3) is 0 Å². The van der Waals surface area contributed by atoms with Gasteiger partial charge in [0.15, 0.2) is 0 Å². The Morgan fingerprint density at radius 3 is 2.56 bits per heavy atom. The van der Waals surface area contributed by atoms with E-state index < -0.39 is 5.60 Å². The molecular weight excluding hydrogens is 226 g/mol. The third kappa shape index (κ3) is 2.52. The van der Waals surface area contributed by atoms with Crippen LogP contribution in [0.3, 0.4) is 0 Å². The Morgan fingerprint density at radius 2 is 1.94 bits per heavy atom. The molecule has 0 saturated heterocycles. The lowest BCUT2D eigenvalue weighted by molar-refractivity contribution is -0.0199. The molecule has 1 aromatic carbocycles. The summed E-state index contributed by atoms with van der Waals surface area (Å²) >= 11 is 0. The second-order valence-corrected chi connectivity index (χ2v) is 5.19. The molecule has 1 saturated carbocycles. The van der Waals surface area contributed by atoms with Crippen molar-refractivity contribution in [2.45, 2.75) is 43.6 Å². The molecule has 0 heterocycles. The van der Waals surface area contributed by atoms with E-state index in [9.17, 15) is 5.11 Å². The molecule has 100 valence electrons. The molecule has 0 spiro atoms. The Balaban J connectivity index is 2.32. The molecule has 3 heteroatoms. The fraction of sp³-hybridized carbons (Fsp3) is 0.600. The Kier molecular flexibility index (Phi) is 4.25. The van der Waals surface area contributed by atoms with E-state index in [4.69, 9.17) is 10.5 Å². The third-order valence-electron chi connectivity index (χ3n) is 4.12. The van der Waals surface area contributed by atoms with Crippen LogP contribution < -0.4 is 10.5 Å². The largest absolute Gasteiger partial charge is 0.496 e. The molecule has 3 nitrogen and oxygen atoms in total. The van der Waals surface area contributed by atoms with Crippen molar-refractivity contribution in [3.05, 3.63) is 29.8 Å². The molecule has 18 heavy (non-hydrogen) atoms.